The van der Waals surface area contributed by atoms with Gasteiger partial charge >= 0.3 is 5.30 Å². The minimum Gasteiger partial charge on any atom is -0.454 e. The van der Waals surface area contributed by atoms with Crippen molar-refractivity contribution >= 4 is 31.1 Å². The molecular formula is C9H9BrO4S. The maximum Gasteiger partial charge on any atom is 0.429 e. The summed E-state index contributed by atoms with van der Waals surface area (Å²) >= 11 is 3.17. The van der Waals surface area contributed by atoms with E-state index in [0.717, 1.165) is 4.47 Å². The van der Waals surface area contributed by atoms with Crippen LogP contribution in [0.1, 0.15) is 6.92 Å². The van der Waals surface area contributed by atoms with E-state index in [-0.39, 0.29) is 11.5 Å². The van der Waals surface area contributed by atoms with Crippen LogP contribution >= 0.6 is 15.9 Å². The molecule has 1 aromatic carbocycles. The van der Waals surface area contributed by atoms with Gasteiger partial charge in [-0.1, -0.05) is 15.9 Å². The number of carbonyl (C=O) groups is 1. The van der Waals surface area contributed by atoms with Crippen LogP contribution in [-0.4, -0.2) is 20.3 Å². The number of rotatable bonds is 2. The van der Waals surface area contributed by atoms with Crippen LogP contribution in [0.4, 0.5) is 4.79 Å². The molecule has 1 aromatic rings. The van der Waals surface area contributed by atoms with Crippen LogP contribution in [0.5, 0.6) is 0 Å². The van der Waals surface area contributed by atoms with E-state index < -0.39 is 15.1 Å². The highest BCUT2D eigenvalue weighted by Gasteiger charge is 2.25. The molecule has 1 rings (SSSR count). The highest BCUT2D eigenvalue weighted by atomic mass is 79.9. The maximum absolute atomic E-state index is 11.5. The first-order valence-corrected chi connectivity index (χ1v) is 6.43. The van der Waals surface area contributed by atoms with Crippen molar-refractivity contribution in [1.29, 1.82) is 0 Å². The number of halogens is 1. The number of benzene rings is 1. The monoisotopic (exact) mass is 292 g/mol. The van der Waals surface area contributed by atoms with Crippen LogP contribution in [0.25, 0.3) is 0 Å². The molecule has 0 fully saturated rings. The summed E-state index contributed by atoms with van der Waals surface area (Å²) in [5, 5.41) is -1.22. The van der Waals surface area contributed by atoms with Gasteiger partial charge in [-0.05, 0) is 31.2 Å². The molecule has 0 saturated carbocycles. The molecule has 0 aromatic heterocycles. The Bertz CT molecular complexity index is 450. The Morgan fingerprint density at radius 1 is 1.33 bits per heavy atom. The molecule has 0 spiro atoms. The Morgan fingerprint density at radius 3 is 2.33 bits per heavy atom. The maximum atomic E-state index is 11.5. The summed E-state index contributed by atoms with van der Waals surface area (Å²) < 4.78 is 28.3. The minimum absolute atomic E-state index is 0.0363. The molecule has 0 aliphatic rings. The van der Waals surface area contributed by atoms with Gasteiger partial charge in [-0.3, -0.25) is 0 Å². The van der Waals surface area contributed by atoms with E-state index in [0.29, 0.717) is 0 Å². The molecule has 0 amide bonds. The van der Waals surface area contributed by atoms with E-state index in [4.69, 9.17) is 0 Å². The average molecular weight is 293 g/mol. The third-order valence-corrected chi connectivity index (χ3v) is 3.58. The molecule has 0 heterocycles. The van der Waals surface area contributed by atoms with E-state index in [1.807, 2.05) is 0 Å². The lowest BCUT2D eigenvalue weighted by Crippen LogP contribution is -2.16. The molecule has 0 N–H and O–H groups in total. The quantitative estimate of drug-likeness (QED) is 0.785. The van der Waals surface area contributed by atoms with Crippen molar-refractivity contribution in [2.75, 3.05) is 6.61 Å². The third-order valence-electron chi connectivity index (χ3n) is 1.61. The average Bonchev–Trinajstić information content (AvgIpc) is 2.18. The summed E-state index contributed by atoms with van der Waals surface area (Å²) in [5.41, 5.74) is 0. The van der Waals surface area contributed by atoms with Gasteiger partial charge in [-0.15, -0.1) is 0 Å². The Balaban J connectivity index is 3.06. The zero-order valence-electron chi connectivity index (χ0n) is 7.94. The summed E-state index contributed by atoms with van der Waals surface area (Å²) in [7, 11) is -4.00. The van der Waals surface area contributed by atoms with Crippen molar-refractivity contribution < 1.29 is 17.9 Å². The molecule has 0 aliphatic carbocycles. The molecule has 0 radical (unpaired) electrons. The van der Waals surface area contributed by atoms with Crippen molar-refractivity contribution in [1.82, 2.24) is 0 Å². The lowest BCUT2D eigenvalue weighted by Gasteiger charge is -2.03. The molecule has 0 aliphatic heterocycles. The summed E-state index contributed by atoms with van der Waals surface area (Å²) in [6.45, 7) is 1.59. The Labute approximate surface area is 96.3 Å². The van der Waals surface area contributed by atoms with Crippen LogP contribution in [-0.2, 0) is 14.6 Å². The second-order valence-electron chi connectivity index (χ2n) is 2.64. The van der Waals surface area contributed by atoms with Gasteiger partial charge in [-0.25, -0.2) is 13.2 Å². The first kappa shape index (κ1) is 12.2. The SMILES string of the molecule is CCOC(=O)S(=O)(=O)c1ccc(Br)cc1. The van der Waals surface area contributed by atoms with Crippen molar-refractivity contribution in [3.05, 3.63) is 28.7 Å². The predicted octanol–water partition coefficient (Wildman–Crippen LogP) is 2.38. The first-order chi connectivity index (χ1) is 6.98. The van der Waals surface area contributed by atoms with Gasteiger partial charge in [0.15, 0.2) is 0 Å². The number of ether oxygens (including phenoxy) is 1. The van der Waals surface area contributed by atoms with E-state index in [1.54, 1.807) is 19.1 Å². The fourth-order valence-electron chi connectivity index (χ4n) is 0.905. The standard InChI is InChI=1S/C9H9BrO4S/c1-2-14-9(11)15(12,13)8-5-3-7(10)4-6-8/h3-6H,2H2,1H3. The molecule has 82 valence electrons. The number of hydrogen-bond donors (Lipinski definition) is 0. The van der Waals surface area contributed by atoms with Crippen LogP contribution in [0.2, 0.25) is 0 Å². The molecule has 0 atom stereocenters. The number of hydrogen-bond acceptors (Lipinski definition) is 4. The fraction of sp³-hybridized carbons (Fsp3) is 0.222. The van der Waals surface area contributed by atoms with Gasteiger partial charge < -0.3 is 4.74 Å². The minimum atomic E-state index is -4.00. The molecule has 4 nitrogen and oxygen atoms in total. The number of sulfone groups is 1. The number of carbonyl (C=O) groups excluding carboxylic acids is 1. The van der Waals surface area contributed by atoms with Gasteiger partial charge in [-0.2, -0.15) is 0 Å². The van der Waals surface area contributed by atoms with Gasteiger partial charge in [0, 0.05) is 4.47 Å². The van der Waals surface area contributed by atoms with Crippen LogP contribution in [0.15, 0.2) is 33.6 Å². The molecule has 0 unspecified atom stereocenters. The van der Waals surface area contributed by atoms with Gasteiger partial charge in [0.25, 0.3) is 9.84 Å². The van der Waals surface area contributed by atoms with Crippen LogP contribution in [0, 0.1) is 0 Å². The third kappa shape index (κ3) is 2.79. The largest absolute Gasteiger partial charge is 0.454 e. The zero-order chi connectivity index (χ0) is 11.5. The highest BCUT2D eigenvalue weighted by Crippen LogP contribution is 2.17. The van der Waals surface area contributed by atoms with Crippen molar-refractivity contribution in [2.45, 2.75) is 11.8 Å². The van der Waals surface area contributed by atoms with Crippen LogP contribution in [0.3, 0.4) is 0 Å². The lowest BCUT2D eigenvalue weighted by atomic mass is 10.4. The highest BCUT2D eigenvalue weighted by molar-refractivity contribution is 9.10. The summed E-state index contributed by atoms with van der Waals surface area (Å²) in [6, 6.07) is 5.78. The smallest absolute Gasteiger partial charge is 0.429 e. The Hall–Kier alpha value is -0.880. The summed E-state index contributed by atoms with van der Waals surface area (Å²) in [6.07, 6.45) is 0. The predicted molar refractivity (Wildman–Crippen MR) is 58.3 cm³/mol. The normalized spacial score (nSPS) is 11.1. The molecule has 0 bridgehead atoms. The van der Waals surface area contributed by atoms with Gasteiger partial charge in [0.1, 0.15) is 0 Å². The van der Waals surface area contributed by atoms with Crippen molar-refractivity contribution in [3.63, 3.8) is 0 Å². The van der Waals surface area contributed by atoms with Crippen LogP contribution < -0.4 is 0 Å². The van der Waals surface area contributed by atoms with Gasteiger partial charge in [0.2, 0.25) is 0 Å². The Kier molecular flexibility index (Phi) is 3.87. The van der Waals surface area contributed by atoms with Crippen molar-refractivity contribution in [3.8, 4) is 0 Å². The molecule has 6 heteroatoms. The molecule has 15 heavy (non-hydrogen) atoms. The second-order valence-corrected chi connectivity index (χ2v) is 5.37. The summed E-state index contributed by atoms with van der Waals surface area (Å²) in [5.74, 6) is 0. The van der Waals surface area contributed by atoms with Gasteiger partial charge in [0.05, 0.1) is 11.5 Å². The lowest BCUT2D eigenvalue weighted by molar-refractivity contribution is 0.178. The Morgan fingerprint density at radius 2 is 1.87 bits per heavy atom. The second kappa shape index (κ2) is 4.76. The topological polar surface area (TPSA) is 60.4 Å². The first-order valence-electron chi connectivity index (χ1n) is 4.16. The zero-order valence-corrected chi connectivity index (χ0v) is 10.3. The van der Waals surface area contributed by atoms with E-state index in [1.165, 1.54) is 12.1 Å². The summed E-state index contributed by atoms with van der Waals surface area (Å²) in [4.78, 5) is 11.1. The molecule has 0 saturated heterocycles. The fourth-order valence-corrected chi connectivity index (χ4v) is 2.13. The van der Waals surface area contributed by atoms with E-state index in [9.17, 15) is 13.2 Å². The van der Waals surface area contributed by atoms with E-state index >= 15 is 0 Å². The van der Waals surface area contributed by atoms with E-state index in [2.05, 4.69) is 20.7 Å². The van der Waals surface area contributed by atoms with Crippen molar-refractivity contribution in [2.24, 2.45) is 0 Å². The molecular weight excluding hydrogens is 284 g/mol.